The number of hydrogen-bond donors (Lipinski definition) is 0. The van der Waals surface area contributed by atoms with Crippen LogP contribution in [0, 0.1) is 0 Å². The molecular weight excluding hydrogens is 556 g/mol. The Hall–Kier alpha value is -5.86. The predicted octanol–water partition coefficient (Wildman–Crippen LogP) is 11.9. The molecule has 0 N–H and O–H groups in total. The van der Waals surface area contributed by atoms with Crippen molar-refractivity contribution in [1.29, 1.82) is 0 Å². The Labute approximate surface area is 266 Å². The summed E-state index contributed by atoms with van der Waals surface area (Å²) in [4.78, 5) is 0. The second kappa shape index (κ2) is 9.57. The maximum atomic E-state index is 2.49. The van der Waals surface area contributed by atoms with E-state index in [9.17, 15) is 0 Å². The zero-order valence-electron chi connectivity index (χ0n) is 25.5. The summed E-state index contributed by atoms with van der Waals surface area (Å²) in [6, 6.07) is 56.2. The van der Waals surface area contributed by atoms with Gasteiger partial charge in [-0.2, -0.15) is 0 Å². The molecule has 2 heterocycles. The van der Waals surface area contributed by atoms with Crippen LogP contribution in [0.25, 0.3) is 87.3 Å². The predicted molar refractivity (Wildman–Crippen MR) is 197 cm³/mol. The van der Waals surface area contributed by atoms with Gasteiger partial charge in [0.15, 0.2) is 0 Å². The van der Waals surface area contributed by atoms with Crippen LogP contribution in [0.3, 0.4) is 0 Å². The van der Waals surface area contributed by atoms with E-state index in [0.29, 0.717) is 0 Å². The smallest absolute Gasteiger partial charge is 0.0547 e. The average Bonchev–Trinajstić information content (AvgIpc) is 3.64. The first-order chi connectivity index (χ1) is 22.8. The Bertz CT molecular complexity index is 2740. The molecule has 10 aromatic rings. The number of rotatable bonds is 3. The zero-order chi connectivity index (χ0) is 30.4. The fraction of sp³-hybridized carbons (Fsp3) is 0.0455. The third-order valence-electron chi connectivity index (χ3n) is 10.0. The van der Waals surface area contributed by atoms with Crippen LogP contribution >= 0.6 is 0 Å². The van der Waals surface area contributed by atoms with E-state index in [1.807, 2.05) is 0 Å². The van der Waals surface area contributed by atoms with Crippen molar-refractivity contribution in [1.82, 2.24) is 9.13 Å². The second-order valence-corrected chi connectivity index (χ2v) is 12.4. The highest BCUT2D eigenvalue weighted by molar-refractivity contribution is 6.23. The molecule has 0 bridgehead atoms. The standard InChI is InChI=1S/C44H30N2/c1-2-28-23-24-30-37-26-43(45-39-19-9-5-15-32(39)33-16-6-10-20-40(33)45)31-14-4-3-13-29(31)36(37)27-44(38(30)25-28)46-41-21-11-7-17-34(41)35-18-8-12-22-42(35)46/h3-27H,2H2,1H3. The van der Waals surface area contributed by atoms with Crippen molar-refractivity contribution in [3.8, 4) is 11.4 Å². The van der Waals surface area contributed by atoms with Gasteiger partial charge in [-0.05, 0) is 76.0 Å². The van der Waals surface area contributed by atoms with Gasteiger partial charge in [0.05, 0.1) is 33.4 Å². The molecule has 2 heteroatoms. The van der Waals surface area contributed by atoms with Crippen LogP contribution in [-0.2, 0) is 6.42 Å². The van der Waals surface area contributed by atoms with E-state index in [2.05, 4.69) is 168 Å². The molecule has 0 aliphatic rings. The van der Waals surface area contributed by atoms with Crippen LogP contribution in [0.15, 0.2) is 152 Å². The molecule has 0 unspecified atom stereocenters. The summed E-state index contributed by atoms with van der Waals surface area (Å²) in [5.41, 5.74) is 8.71. The molecule has 0 aliphatic carbocycles. The van der Waals surface area contributed by atoms with Gasteiger partial charge in [-0.1, -0.05) is 116 Å². The number of nitrogens with zero attached hydrogens (tertiary/aromatic N) is 2. The molecule has 8 aromatic carbocycles. The molecular formula is C44H30N2. The van der Waals surface area contributed by atoms with Crippen LogP contribution in [0.1, 0.15) is 12.5 Å². The van der Waals surface area contributed by atoms with Crippen molar-refractivity contribution in [2.75, 3.05) is 0 Å². The zero-order valence-corrected chi connectivity index (χ0v) is 25.5. The van der Waals surface area contributed by atoms with Crippen molar-refractivity contribution < 1.29 is 0 Å². The summed E-state index contributed by atoms with van der Waals surface area (Å²) in [6.45, 7) is 2.25. The van der Waals surface area contributed by atoms with E-state index >= 15 is 0 Å². The number of hydrogen-bond acceptors (Lipinski definition) is 0. The second-order valence-electron chi connectivity index (χ2n) is 12.4. The highest BCUT2D eigenvalue weighted by Crippen LogP contribution is 2.43. The van der Waals surface area contributed by atoms with Crippen molar-refractivity contribution in [2.24, 2.45) is 0 Å². The minimum absolute atomic E-state index is 0.991. The summed E-state index contributed by atoms with van der Waals surface area (Å²) in [5, 5.41) is 12.7. The lowest BCUT2D eigenvalue weighted by Crippen LogP contribution is -1.99. The Morgan fingerprint density at radius 1 is 0.326 bits per heavy atom. The van der Waals surface area contributed by atoms with Gasteiger partial charge in [0, 0.05) is 32.3 Å². The van der Waals surface area contributed by atoms with Gasteiger partial charge >= 0.3 is 0 Å². The van der Waals surface area contributed by atoms with E-state index in [1.54, 1.807) is 0 Å². The quantitative estimate of drug-likeness (QED) is 0.182. The van der Waals surface area contributed by atoms with Crippen LogP contribution in [-0.4, -0.2) is 9.13 Å². The molecule has 0 amide bonds. The number of aryl methyl sites for hydroxylation is 1. The maximum absolute atomic E-state index is 2.49. The third-order valence-corrected chi connectivity index (χ3v) is 10.0. The minimum Gasteiger partial charge on any atom is -0.309 e. The SMILES string of the molecule is CCc1ccc2c(c1)c(-n1c3ccccc3c3ccccc31)cc1c3ccccc3c(-n3c4ccccc4c4ccccc43)cc21. The van der Waals surface area contributed by atoms with E-state index in [0.717, 1.165) is 6.42 Å². The lowest BCUT2D eigenvalue weighted by atomic mass is 9.93. The third kappa shape index (κ3) is 3.41. The summed E-state index contributed by atoms with van der Waals surface area (Å²) < 4.78 is 4.96. The van der Waals surface area contributed by atoms with Gasteiger partial charge in [-0.25, -0.2) is 0 Å². The summed E-state index contributed by atoms with van der Waals surface area (Å²) in [5.74, 6) is 0. The van der Waals surface area contributed by atoms with Crippen molar-refractivity contribution in [3.63, 3.8) is 0 Å². The summed E-state index contributed by atoms with van der Waals surface area (Å²) in [7, 11) is 0. The van der Waals surface area contributed by atoms with Crippen LogP contribution in [0.2, 0.25) is 0 Å². The largest absolute Gasteiger partial charge is 0.309 e. The molecule has 0 aliphatic heterocycles. The van der Waals surface area contributed by atoms with Crippen LogP contribution in [0.4, 0.5) is 0 Å². The van der Waals surface area contributed by atoms with Gasteiger partial charge in [0.25, 0.3) is 0 Å². The Balaban J connectivity index is 1.41. The molecule has 0 atom stereocenters. The molecule has 0 spiro atoms. The lowest BCUT2D eigenvalue weighted by molar-refractivity contribution is 1.14. The first-order valence-corrected chi connectivity index (χ1v) is 16.2. The molecule has 46 heavy (non-hydrogen) atoms. The lowest BCUT2D eigenvalue weighted by Gasteiger charge is -2.19. The number of fused-ring (bicyclic) bond motifs is 11. The van der Waals surface area contributed by atoms with E-state index in [-0.39, 0.29) is 0 Å². The fourth-order valence-corrected chi connectivity index (χ4v) is 7.96. The molecule has 0 fully saturated rings. The number of para-hydroxylation sites is 4. The number of aromatic nitrogens is 2. The molecule has 216 valence electrons. The highest BCUT2D eigenvalue weighted by atomic mass is 15.0. The molecule has 2 aromatic heterocycles. The van der Waals surface area contributed by atoms with Gasteiger partial charge in [0.2, 0.25) is 0 Å². The molecule has 0 radical (unpaired) electrons. The molecule has 0 saturated heterocycles. The first-order valence-electron chi connectivity index (χ1n) is 16.2. The van der Waals surface area contributed by atoms with Gasteiger partial charge in [-0.15, -0.1) is 0 Å². The van der Waals surface area contributed by atoms with Crippen molar-refractivity contribution in [3.05, 3.63) is 157 Å². The normalized spacial score (nSPS) is 12.1. The van der Waals surface area contributed by atoms with Gasteiger partial charge in [-0.3, -0.25) is 0 Å². The van der Waals surface area contributed by atoms with Crippen molar-refractivity contribution in [2.45, 2.75) is 13.3 Å². The minimum atomic E-state index is 0.991. The highest BCUT2D eigenvalue weighted by Gasteiger charge is 2.20. The Morgan fingerprint density at radius 2 is 0.696 bits per heavy atom. The summed E-state index contributed by atoms with van der Waals surface area (Å²) in [6.07, 6.45) is 0.991. The summed E-state index contributed by atoms with van der Waals surface area (Å²) >= 11 is 0. The topological polar surface area (TPSA) is 9.86 Å². The van der Waals surface area contributed by atoms with Crippen LogP contribution < -0.4 is 0 Å². The van der Waals surface area contributed by atoms with Crippen LogP contribution in [0.5, 0.6) is 0 Å². The maximum Gasteiger partial charge on any atom is 0.0547 e. The Kier molecular flexibility index (Phi) is 5.30. The Morgan fingerprint density at radius 3 is 1.15 bits per heavy atom. The van der Waals surface area contributed by atoms with Gasteiger partial charge in [0.1, 0.15) is 0 Å². The molecule has 2 nitrogen and oxygen atoms in total. The average molecular weight is 587 g/mol. The first kappa shape index (κ1) is 25.5. The van der Waals surface area contributed by atoms with Gasteiger partial charge < -0.3 is 9.13 Å². The monoisotopic (exact) mass is 586 g/mol. The van der Waals surface area contributed by atoms with Crippen molar-refractivity contribution >= 4 is 75.9 Å². The molecule has 0 saturated carbocycles. The van der Waals surface area contributed by atoms with E-state index in [1.165, 1.54) is 92.9 Å². The fourth-order valence-electron chi connectivity index (χ4n) is 7.96. The van der Waals surface area contributed by atoms with E-state index < -0.39 is 0 Å². The molecule has 10 rings (SSSR count). The number of benzene rings is 8. The van der Waals surface area contributed by atoms with E-state index in [4.69, 9.17) is 0 Å².